The molecule has 5 nitrogen and oxygen atoms in total. The zero-order valence-corrected chi connectivity index (χ0v) is 14.4. The summed E-state index contributed by atoms with van der Waals surface area (Å²) in [6, 6.07) is 6.17. The number of carbonyl (C=O) groups is 1. The molecular formula is C18H27N2O3+. The Bertz CT molecular complexity index is 578. The lowest BCUT2D eigenvalue weighted by molar-refractivity contribution is -0.917. The molecule has 0 saturated carbocycles. The van der Waals surface area contributed by atoms with E-state index in [0.717, 1.165) is 50.6 Å². The van der Waals surface area contributed by atoms with Crippen molar-refractivity contribution in [1.29, 1.82) is 0 Å². The summed E-state index contributed by atoms with van der Waals surface area (Å²) in [5, 5.41) is 0. The molecular weight excluding hydrogens is 292 g/mol. The summed E-state index contributed by atoms with van der Waals surface area (Å²) in [5.41, 5.74) is 1.02. The number of amides is 1. The number of hydrogen-bond donors (Lipinski definition) is 1. The average Bonchev–Trinajstić information content (AvgIpc) is 3.02. The third-order valence-electron chi connectivity index (χ3n) is 5.11. The Kier molecular flexibility index (Phi) is 4.48. The highest BCUT2D eigenvalue weighted by atomic mass is 16.7. The van der Waals surface area contributed by atoms with Crippen LogP contribution in [-0.4, -0.2) is 43.8 Å². The van der Waals surface area contributed by atoms with Gasteiger partial charge in [-0.1, -0.05) is 20.8 Å². The quantitative estimate of drug-likeness (QED) is 0.903. The maximum atomic E-state index is 12.5. The van der Waals surface area contributed by atoms with Crippen LogP contribution in [0.25, 0.3) is 0 Å². The van der Waals surface area contributed by atoms with Gasteiger partial charge in [-0.3, -0.25) is 4.79 Å². The van der Waals surface area contributed by atoms with E-state index >= 15 is 0 Å². The Hall–Kier alpha value is -1.75. The molecule has 3 rings (SSSR count). The van der Waals surface area contributed by atoms with Gasteiger partial charge in [0.15, 0.2) is 11.5 Å². The summed E-state index contributed by atoms with van der Waals surface area (Å²) >= 11 is 0. The minimum atomic E-state index is -0.241. The Labute approximate surface area is 138 Å². The van der Waals surface area contributed by atoms with E-state index in [4.69, 9.17) is 9.47 Å². The van der Waals surface area contributed by atoms with Gasteiger partial charge < -0.3 is 19.3 Å². The smallest absolute Gasteiger partial charge is 0.231 e. The highest BCUT2D eigenvalue weighted by molar-refractivity contribution is 5.81. The Morgan fingerprint density at radius 2 is 1.91 bits per heavy atom. The zero-order valence-electron chi connectivity index (χ0n) is 14.4. The predicted octanol–water partition coefficient (Wildman–Crippen LogP) is 1.08. The fraction of sp³-hybridized carbons (Fsp3) is 0.611. The SMILES string of the molecule is CCC(C)(C)C(=O)N1CC[NH+](Cc2ccc3c(c2)OCO3)CC1. The molecule has 126 valence electrons. The fourth-order valence-electron chi connectivity index (χ4n) is 3.12. The fourth-order valence-corrected chi connectivity index (χ4v) is 3.12. The van der Waals surface area contributed by atoms with E-state index in [1.165, 1.54) is 10.5 Å². The minimum absolute atomic E-state index is 0.241. The van der Waals surface area contributed by atoms with E-state index in [-0.39, 0.29) is 5.41 Å². The lowest BCUT2D eigenvalue weighted by atomic mass is 9.88. The second-order valence-electron chi connectivity index (χ2n) is 7.14. The monoisotopic (exact) mass is 319 g/mol. The van der Waals surface area contributed by atoms with Gasteiger partial charge in [0.25, 0.3) is 0 Å². The Morgan fingerprint density at radius 3 is 2.61 bits per heavy atom. The number of ether oxygens (including phenoxy) is 2. The van der Waals surface area contributed by atoms with E-state index in [1.807, 2.05) is 24.8 Å². The van der Waals surface area contributed by atoms with Crippen LogP contribution < -0.4 is 14.4 Å². The topological polar surface area (TPSA) is 43.2 Å². The first kappa shape index (κ1) is 16.1. The van der Waals surface area contributed by atoms with Crippen molar-refractivity contribution in [3.8, 4) is 11.5 Å². The molecule has 0 aliphatic carbocycles. The molecule has 1 aromatic rings. The van der Waals surface area contributed by atoms with Crippen LogP contribution in [0.3, 0.4) is 0 Å². The number of rotatable bonds is 4. The molecule has 0 spiro atoms. The van der Waals surface area contributed by atoms with E-state index in [1.54, 1.807) is 0 Å². The zero-order chi connectivity index (χ0) is 16.4. The second kappa shape index (κ2) is 6.40. The summed E-state index contributed by atoms with van der Waals surface area (Å²) < 4.78 is 10.8. The molecule has 0 radical (unpaired) electrons. The third-order valence-corrected chi connectivity index (χ3v) is 5.11. The maximum Gasteiger partial charge on any atom is 0.231 e. The molecule has 0 atom stereocenters. The molecule has 23 heavy (non-hydrogen) atoms. The number of piperazine rings is 1. The number of hydrogen-bond acceptors (Lipinski definition) is 3. The lowest BCUT2D eigenvalue weighted by Crippen LogP contribution is -3.13. The van der Waals surface area contributed by atoms with Crippen molar-refractivity contribution in [1.82, 2.24) is 4.90 Å². The number of nitrogens with one attached hydrogen (secondary N) is 1. The van der Waals surface area contributed by atoms with E-state index in [0.29, 0.717) is 12.7 Å². The summed E-state index contributed by atoms with van der Waals surface area (Å²) in [6.07, 6.45) is 0.885. The molecule has 1 amide bonds. The van der Waals surface area contributed by atoms with Crippen molar-refractivity contribution in [3.63, 3.8) is 0 Å². The van der Waals surface area contributed by atoms with Crippen molar-refractivity contribution in [2.75, 3.05) is 33.0 Å². The van der Waals surface area contributed by atoms with Crippen LogP contribution in [0.4, 0.5) is 0 Å². The van der Waals surface area contributed by atoms with E-state index in [2.05, 4.69) is 19.1 Å². The first-order chi connectivity index (χ1) is 11.0. The van der Waals surface area contributed by atoms with Crippen LogP contribution in [0.1, 0.15) is 32.8 Å². The van der Waals surface area contributed by atoms with Crippen LogP contribution in [0.15, 0.2) is 18.2 Å². The van der Waals surface area contributed by atoms with Crippen LogP contribution >= 0.6 is 0 Å². The van der Waals surface area contributed by atoms with E-state index < -0.39 is 0 Å². The van der Waals surface area contributed by atoms with Gasteiger partial charge in [0.05, 0.1) is 26.2 Å². The minimum Gasteiger partial charge on any atom is -0.454 e. The lowest BCUT2D eigenvalue weighted by Gasteiger charge is -2.36. The van der Waals surface area contributed by atoms with Crippen molar-refractivity contribution in [3.05, 3.63) is 23.8 Å². The molecule has 1 N–H and O–H groups in total. The van der Waals surface area contributed by atoms with Crippen molar-refractivity contribution >= 4 is 5.91 Å². The molecule has 2 aliphatic heterocycles. The molecule has 0 unspecified atom stereocenters. The first-order valence-corrected chi connectivity index (χ1v) is 8.51. The Morgan fingerprint density at radius 1 is 1.22 bits per heavy atom. The maximum absolute atomic E-state index is 12.5. The molecule has 0 bridgehead atoms. The van der Waals surface area contributed by atoms with Crippen LogP contribution in [0, 0.1) is 5.41 Å². The molecule has 5 heteroatoms. The van der Waals surface area contributed by atoms with Crippen LogP contribution in [-0.2, 0) is 11.3 Å². The average molecular weight is 319 g/mol. The van der Waals surface area contributed by atoms with Crippen LogP contribution in [0.5, 0.6) is 11.5 Å². The second-order valence-corrected chi connectivity index (χ2v) is 7.14. The normalized spacial score (nSPS) is 18.3. The highest BCUT2D eigenvalue weighted by Gasteiger charge is 2.33. The van der Waals surface area contributed by atoms with Gasteiger partial charge in [0, 0.05) is 11.0 Å². The molecule has 2 heterocycles. The van der Waals surface area contributed by atoms with Gasteiger partial charge in [-0.2, -0.15) is 0 Å². The predicted molar refractivity (Wildman–Crippen MR) is 87.6 cm³/mol. The summed E-state index contributed by atoms with van der Waals surface area (Å²) in [7, 11) is 0. The number of benzene rings is 1. The summed E-state index contributed by atoms with van der Waals surface area (Å²) in [4.78, 5) is 16.1. The number of nitrogens with zero attached hydrogens (tertiary/aromatic N) is 1. The molecule has 0 aromatic heterocycles. The van der Waals surface area contributed by atoms with Crippen molar-refractivity contribution in [2.45, 2.75) is 33.7 Å². The molecule has 1 fully saturated rings. The van der Waals surface area contributed by atoms with Crippen molar-refractivity contribution < 1.29 is 19.2 Å². The third kappa shape index (κ3) is 3.44. The van der Waals surface area contributed by atoms with Gasteiger partial charge in [0.2, 0.25) is 12.7 Å². The van der Waals surface area contributed by atoms with E-state index in [9.17, 15) is 4.79 Å². The number of quaternary nitrogens is 1. The van der Waals surface area contributed by atoms with Gasteiger partial charge in [-0.15, -0.1) is 0 Å². The highest BCUT2D eigenvalue weighted by Crippen LogP contribution is 2.32. The molecule has 1 aromatic carbocycles. The summed E-state index contributed by atoms with van der Waals surface area (Å²) in [6.45, 7) is 11.2. The summed E-state index contributed by atoms with van der Waals surface area (Å²) in [5.74, 6) is 1.98. The Balaban J connectivity index is 1.54. The number of carbonyl (C=O) groups excluding carboxylic acids is 1. The largest absolute Gasteiger partial charge is 0.454 e. The van der Waals surface area contributed by atoms with Crippen LogP contribution in [0.2, 0.25) is 0 Å². The van der Waals surface area contributed by atoms with Gasteiger partial charge in [0.1, 0.15) is 6.54 Å². The van der Waals surface area contributed by atoms with Gasteiger partial charge in [-0.25, -0.2) is 0 Å². The molecule has 2 aliphatic rings. The number of fused-ring (bicyclic) bond motifs is 1. The first-order valence-electron chi connectivity index (χ1n) is 8.51. The van der Waals surface area contributed by atoms with Gasteiger partial charge >= 0.3 is 0 Å². The van der Waals surface area contributed by atoms with Crippen molar-refractivity contribution in [2.24, 2.45) is 5.41 Å². The van der Waals surface area contributed by atoms with Gasteiger partial charge in [-0.05, 0) is 24.6 Å². The molecule has 1 saturated heterocycles. The standard InChI is InChI=1S/C18H26N2O3/c1-4-18(2,3)17(21)20-9-7-19(8-10-20)12-14-5-6-15-16(11-14)23-13-22-15/h5-6,11H,4,7-10,12-13H2,1-3H3/p+1.